The number of carbonyl (C=O) groups excluding carboxylic acids is 1. The van der Waals surface area contributed by atoms with Gasteiger partial charge in [0.1, 0.15) is 5.82 Å². The van der Waals surface area contributed by atoms with E-state index in [9.17, 15) is 4.79 Å². The first-order valence-corrected chi connectivity index (χ1v) is 9.06. The predicted molar refractivity (Wildman–Crippen MR) is 94.1 cm³/mol. The molecule has 1 atom stereocenters. The first-order valence-electron chi connectivity index (χ1n) is 9.06. The van der Waals surface area contributed by atoms with E-state index in [0.29, 0.717) is 26.3 Å². The molecule has 6 nitrogen and oxygen atoms in total. The Balaban J connectivity index is 1.51. The maximum Gasteiger partial charge on any atom is 0.318 e. The number of rotatable bonds is 3. The first-order chi connectivity index (χ1) is 11.7. The standard InChI is InChI=1S/C18H28N4O2/c1-15-14-24-11-10-22(15)18(23)20-13-16-6-7-17(19-12-16)21-8-4-2-3-5-9-21/h6-7,12,15H,2-5,8-11,13-14H2,1H3,(H,20,23)/t15-/m0/s1. The third-order valence-corrected chi connectivity index (χ3v) is 4.81. The molecule has 2 saturated heterocycles. The van der Waals surface area contributed by atoms with Crippen molar-refractivity contribution in [1.29, 1.82) is 0 Å². The van der Waals surface area contributed by atoms with Crippen LogP contribution >= 0.6 is 0 Å². The fourth-order valence-corrected chi connectivity index (χ4v) is 3.32. The zero-order valence-corrected chi connectivity index (χ0v) is 14.5. The molecule has 3 heterocycles. The van der Waals surface area contributed by atoms with E-state index in [4.69, 9.17) is 4.74 Å². The number of ether oxygens (including phenoxy) is 1. The number of pyridine rings is 1. The van der Waals surface area contributed by atoms with Crippen LogP contribution in [0, 0.1) is 0 Å². The van der Waals surface area contributed by atoms with Gasteiger partial charge in [0.15, 0.2) is 0 Å². The second-order valence-corrected chi connectivity index (χ2v) is 6.70. The summed E-state index contributed by atoms with van der Waals surface area (Å²) in [5.41, 5.74) is 1.03. The molecule has 1 N–H and O–H groups in total. The van der Waals surface area contributed by atoms with Gasteiger partial charge in [0.05, 0.1) is 19.3 Å². The summed E-state index contributed by atoms with van der Waals surface area (Å²) in [5.74, 6) is 1.05. The highest BCUT2D eigenvalue weighted by Gasteiger charge is 2.23. The average Bonchev–Trinajstić information content (AvgIpc) is 2.90. The number of urea groups is 1. The lowest BCUT2D eigenvalue weighted by molar-refractivity contribution is 0.0190. The maximum absolute atomic E-state index is 12.3. The number of anilines is 1. The summed E-state index contributed by atoms with van der Waals surface area (Å²) >= 11 is 0. The number of nitrogens with zero attached hydrogens (tertiary/aromatic N) is 3. The molecule has 0 radical (unpaired) electrons. The normalized spacial score (nSPS) is 22.1. The van der Waals surface area contributed by atoms with Gasteiger partial charge in [-0.15, -0.1) is 0 Å². The Bertz CT molecular complexity index is 526. The molecule has 0 aliphatic carbocycles. The van der Waals surface area contributed by atoms with Crippen LogP contribution in [0.1, 0.15) is 38.2 Å². The lowest BCUT2D eigenvalue weighted by atomic mass is 10.2. The molecule has 2 amide bonds. The molecule has 132 valence electrons. The van der Waals surface area contributed by atoms with Crippen molar-refractivity contribution in [2.75, 3.05) is 37.7 Å². The molecule has 0 spiro atoms. The van der Waals surface area contributed by atoms with Crippen LogP contribution in [0.3, 0.4) is 0 Å². The molecule has 0 aromatic carbocycles. The van der Waals surface area contributed by atoms with Crippen molar-refractivity contribution in [1.82, 2.24) is 15.2 Å². The Morgan fingerprint density at radius 1 is 1.25 bits per heavy atom. The summed E-state index contributed by atoms with van der Waals surface area (Å²) in [4.78, 5) is 21.1. The largest absolute Gasteiger partial charge is 0.377 e. The van der Waals surface area contributed by atoms with E-state index >= 15 is 0 Å². The molecule has 0 unspecified atom stereocenters. The van der Waals surface area contributed by atoms with Gasteiger partial charge in [-0.1, -0.05) is 18.9 Å². The summed E-state index contributed by atoms with van der Waals surface area (Å²) in [6.07, 6.45) is 7.01. The van der Waals surface area contributed by atoms with E-state index in [1.165, 1.54) is 25.7 Å². The Labute approximate surface area is 144 Å². The second-order valence-electron chi connectivity index (χ2n) is 6.70. The minimum absolute atomic E-state index is 0.0256. The Hall–Kier alpha value is -1.82. The van der Waals surface area contributed by atoms with Gasteiger partial charge in [0, 0.05) is 32.4 Å². The van der Waals surface area contributed by atoms with Crippen LogP contribution in [0.5, 0.6) is 0 Å². The van der Waals surface area contributed by atoms with Gasteiger partial charge in [0.25, 0.3) is 0 Å². The van der Waals surface area contributed by atoms with Crippen LogP contribution in [0.15, 0.2) is 18.3 Å². The van der Waals surface area contributed by atoms with Crippen LogP contribution in [0.2, 0.25) is 0 Å². The summed E-state index contributed by atoms with van der Waals surface area (Å²) in [7, 11) is 0. The van der Waals surface area contributed by atoms with Crippen molar-refractivity contribution in [3.05, 3.63) is 23.9 Å². The minimum Gasteiger partial charge on any atom is -0.377 e. The van der Waals surface area contributed by atoms with E-state index < -0.39 is 0 Å². The zero-order chi connectivity index (χ0) is 16.8. The van der Waals surface area contributed by atoms with Crippen molar-refractivity contribution < 1.29 is 9.53 Å². The summed E-state index contributed by atoms with van der Waals surface area (Å²) in [6, 6.07) is 4.24. The minimum atomic E-state index is -0.0256. The van der Waals surface area contributed by atoms with Gasteiger partial charge in [-0.05, 0) is 31.4 Å². The Morgan fingerprint density at radius 2 is 2.04 bits per heavy atom. The molecule has 24 heavy (non-hydrogen) atoms. The van der Waals surface area contributed by atoms with Gasteiger partial charge >= 0.3 is 6.03 Å². The van der Waals surface area contributed by atoms with Crippen LogP contribution in [0.4, 0.5) is 10.6 Å². The summed E-state index contributed by atoms with van der Waals surface area (Å²) in [6.45, 7) is 6.59. The number of hydrogen-bond acceptors (Lipinski definition) is 4. The molecule has 1 aromatic heterocycles. The SMILES string of the molecule is C[C@H]1COCCN1C(=O)NCc1ccc(N2CCCCCC2)nc1. The van der Waals surface area contributed by atoms with Gasteiger partial charge in [0.2, 0.25) is 0 Å². The lowest BCUT2D eigenvalue weighted by Crippen LogP contribution is -2.51. The maximum atomic E-state index is 12.3. The van der Waals surface area contributed by atoms with Crippen molar-refractivity contribution in [3.63, 3.8) is 0 Å². The first kappa shape index (κ1) is 17.0. The van der Waals surface area contributed by atoms with Crippen LogP contribution in [-0.4, -0.2) is 54.8 Å². The van der Waals surface area contributed by atoms with E-state index in [0.717, 1.165) is 24.5 Å². The van der Waals surface area contributed by atoms with E-state index in [1.54, 1.807) is 0 Å². The van der Waals surface area contributed by atoms with Crippen LogP contribution < -0.4 is 10.2 Å². The lowest BCUT2D eigenvalue weighted by Gasteiger charge is -2.33. The molecular weight excluding hydrogens is 304 g/mol. The number of morpholine rings is 1. The number of amides is 2. The highest BCUT2D eigenvalue weighted by molar-refractivity contribution is 5.74. The molecule has 2 aliphatic rings. The number of nitrogens with one attached hydrogen (secondary N) is 1. The highest BCUT2D eigenvalue weighted by Crippen LogP contribution is 2.17. The second kappa shape index (κ2) is 8.33. The third-order valence-electron chi connectivity index (χ3n) is 4.81. The quantitative estimate of drug-likeness (QED) is 0.923. The number of carbonyl (C=O) groups is 1. The molecule has 3 rings (SSSR count). The van der Waals surface area contributed by atoms with E-state index in [1.807, 2.05) is 18.0 Å². The molecule has 0 saturated carbocycles. The average molecular weight is 332 g/mol. The van der Waals surface area contributed by atoms with Crippen molar-refractivity contribution >= 4 is 11.8 Å². The molecule has 6 heteroatoms. The fourth-order valence-electron chi connectivity index (χ4n) is 3.32. The van der Waals surface area contributed by atoms with Crippen LogP contribution in [-0.2, 0) is 11.3 Å². The van der Waals surface area contributed by atoms with Gasteiger partial charge in [-0.3, -0.25) is 0 Å². The molecule has 1 aromatic rings. The molecule has 2 aliphatic heterocycles. The zero-order valence-electron chi connectivity index (χ0n) is 14.5. The van der Waals surface area contributed by atoms with E-state index in [-0.39, 0.29) is 12.1 Å². The molecule has 2 fully saturated rings. The fraction of sp³-hybridized carbons (Fsp3) is 0.667. The van der Waals surface area contributed by atoms with E-state index in [2.05, 4.69) is 27.3 Å². The van der Waals surface area contributed by atoms with Gasteiger partial charge in [-0.25, -0.2) is 9.78 Å². The molecular formula is C18H28N4O2. The highest BCUT2D eigenvalue weighted by atomic mass is 16.5. The number of aromatic nitrogens is 1. The van der Waals surface area contributed by atoms with Crippen molar-refractivity contribution in [2.24, 2.45) is 0 Å². The predicted octanol–water partition coefficient (Wildman–Crippen LogP) is 2.39. The smallest absolute Gasteiger partial charge is 0.318 e. The number of hydrogen-bond donors (Lipinski definition) is 1. The summed E-state index contributed by atoms with van der Waals surface area (Å²) < 4.78 is 5.37. The monoisotopic (exact) mass is 332 g/mol. The van der Waals surface area contributed by atoms with Crippen LogP contribution in [0.25, 0.3) is 0 Å². The van der Waals surface area contributed by atoms with Crippen molar-refractivity contribution in [2.45, 2.75) is 45.2 Å². The summed E-state index contributed by atoms with van der Waals surface area (Å²) in [5, 5.41) is 2.99. The Kier molecular flexibility index (Phi) is 5.91. The molecule has 0 bridgehead atoms. The van der Waals surface area contributed by atoms with Crippen molar-refractivity contribution in [3.8, 4) is 0 Å². The van der Waals surface area contributed by atoms with Gasteiger partial charge < -0.3 is 19.9 Å². The third kappa shape index (κ3) is 4.38. The Morgan fingerprint density at radius 3 is 2.71 bits per heavy atom. The van der Waals surface area contributed by atoms with Gasteiger partial charge in [-0.2, -0.15) is 0 Å². The topological polar surface area (TPSA) is 57.7 Å².